The quantitative estimate of drug-likeness (QED) is 0.369. The molecule has 0 unspecified atom stereocenters. The average Bonchev–Trinajstić information content (AvgIpc) is 2.66. The van der Waals surface area contributed by atoms with Gasteiger partial charge in [0.1, 0.15) is 0 Å². The molecule has 2 N–H and O–H groups in total. The molecule has 2 rings (SSSR count). The molecule has 0 saturated carbocycles. The first kappa shape index (κ1) is 22.3. The minimum atomic E-state index is -0.642. The Hall–Kier alpha value is -2.03. The summed E-state index contributed by atoms with van der Waals surface area (Å²) in [6, 6.07) is 10.1. The summed E-state index contributed by atoms with van der Waals surface area (Å²) in [6.07, 6.45) is 0. The first-order valence-corrected chi connectivity index (χ1v) is 10.3. The number of benzene rings is 2. The zero-order valence-corrected chi connectivity index (χ0v) is 18.3. The van der Waals surface area contributed by atoms with Gasteiger partial charge in [0, 0.05) is 20.0 Å². The minimum absolute atomic E-state index is 0.0757. The van der Waals surface area contributed by atoms with Gasteiger partial charge in [0.2, 0.25) is 0 Å². The smallest absolute Gasteiger partial charge is 0.316 e. The van der Waals surface area contributed by atoms with Crippen molar-refractivity contribution < 1.29 is 19.1 Å². The number of hydrazine groups is 1. The second kappa shape index (κ2) is 10.5. The van der Waals surface area contributed by atoms with Gasteiger partial charge in [-0.2, -0.15) is 0 Å². The van der Waals surface area contributed by atoms with E-state index in [-0.39, 0.29) is 5.75 Å². The van der Waals surface area contributed by atoms with E-state index >= 15 is 0 Å². The maximum absolute atomic E-state index is 11.9. The van der Waals surface area contributed by atoms with Gasteiger partial charge in [0.05, 0.1) is 5.75 Å². The van der Waals surface area contributed by atoms with Crippen LogP contribution in [-0.4, -0.2) is 30.1 Å². The van der Waals surface area contributed by atoms with E-state index in [1.807, 2.05) is 26.0 Å². The zero-order chi connectivity index (χ0) is 20.7. The normalized spacial score (nSPS) is 10.3. The summed E-state index contributed by atoms with van der Waals surface area (Å²) in [5.41, 5.74) is 6.86. The van der Waals surface area contributed by atoms with Crippen molar-refractivity contribution in [3.63, 3.8) is 0 Å². The Labute approximate surface area is 180 Å². The van der Waals surface area contributed by atoms with Crippen molar-refractivity contribution in [1.29, 1.82) is 0 Å². The van der Waals surface area contributed by atoms with Crippen LogP contribution in [0.5, 0.6) is 0 Å². The Morgan fingerprint density at radius 1 is 1.07 bits per heavy atom. The van der Waals surface area contributed by atoms with Crippen LogP contribution >= 0.6 is 39.3 Å². The van der Waals surface area contributed by atoms with Crippen molar-refractivity contribution in [1.82, 2.24) is 10.9 Å². The number of carbonyl (C=O) groups is 3. The second-order valence-corrected chi connectivity index (χ2v) is 8.13. The van der Waals surface area contributed by atoms with Gasteiger partial charge in [0.25, 0.3) is 11.8 Å². The van der Waals surface area contributed by atoms with Crippen LogP contribution in [0.15, 0.2) is 45.8 Å². The zero-order valence-electron chi connectivity index (χ0n) is 15.2. The average molecular weight is 486 g/mol. The van der Waals surface area contributed by atoms with Crippen molar-refractivity contribution in [3.05, 3.63) is 62.6 Å². The first-order chi connectivity index (χ1) is 13.3. The molecule has 0 fully saturated rings. The number of aryl methyl sites for hydroxylation is 2. The van der Waals surface area contributed by atoms with Crippen LogP contribution in [0.25, 0.3) is 0 Å². The monoisotopic (exact) mass is 484 g/mol. The highest BCUT2D eigenvalue weighted by molar-refractivity contribution is 9.10. The van der Waals surface area contributed by atoms with Crippen molar-refractivity contribution >= 4 is 57.1 Å². The van der Waals surface area contributed by atoms with E-state index in [0.29, 0.717) is 10.6 Å². The van der Waals surface area contributed by atoms with E-state index < -0.39 is 24.4 Å². The molecule has 6 nitrogen and oxygen atoms in total. The lowest BCUT2D eigenvalue weighted by molar-refractivity contribution is -0.146. The van der Waals surface area contributed by atoms with Crippen LogP contribution in [0.4, 0.5) is 0 Å². The van der Waals surface area contributed by atoms with Crippen molar-refractivity contribution in [2.45, 2.75) is 18.7 Å². The lowest BCUT2D eigenvalue weighted by Gasteiger charge is -2.10. The van der Waals surface area contributed by atoms with E-state index in [2.05, 4.69) is 26.8 Å². The molecule has 0 aliphatic rings. The highest BCUT2D eigenvalue weighted by Crippen LogP contribution is 2.28. The van der Waals surface area contributed by atoms with Gasteiger partial charge >= 0.3 is 5.97 Å². The molecule has 9 heteroatoms. The lowest BCUT2D eigenvalue weighted by atomic mass is 10.2. The molecular weight excluding hydrogens is 468 g/mol. The fourth-order valence-electron chi connectivity index (χ4n) is 2.07. The second-order valence-electron chi connectivity index (χ2n) is 5.83. The highest BCUT2D eigenvalue weighted by atomic mass is 79.9. The highest BCUT2D eigenvalue weighted by Gasteiger charge is 2.12. The predicted molar refractivity (Wildman–Crippen MR) is 112 cm³/mol. The van der Waals surface area contributed by atoms with Gasteiger partial charge in [-0.25, -0.2) is 0 Å². The van der Waals surface area contributed by atoms with Gasteiger partial charge in [0.15, 0.2) is 6.61 Å². The molecule has 0 aliphatic heterocycles. The molecule has 148 valence electrons. The van der Waals surface area contributed by atoms with Crippen molar-refractivity contribution in [3.8, 4) is 0 Å². The maximum atomic E-state index is 11.9. The summed E-state index contributed by atoms with van der Waals surface area (Å²) in [5.74, 6) is -1.60. The molecule has 2 amide bonds. The van der Waals surface area contributed by atoms with Crippen molar-refractivity contribution in [2.24, 2.45) is 0 Å². The molecule has 0 saturated heterocycles. The van der Waals surface area contributed by atoms with Gasteiger partial charge in [-0.3, -0.25) is 25.2 Å². The number of halogens is 2. The molecule has 0 spiro atoms. The molecule has 0 aliphatic carbocycles. The first-order valence-electron chi connectivity index (χ1n) is 8.16. The van der Waals surface area contributed by atoms with Gasteiger partial charge < -0.3 is 4.74 Å². The van der Waals surface area contributed by atoms with E-state index in [1.165, 1.54) is 23.9 Å². The number of ether oxygens (including phenoxy) is 1. The third kappa shape index (κ3) is 6.85. The number of esters is 1. The molecule has 0 atom stereocenters. The van der Waals surface area contributed by atoms with Crippen LogP contribution in [0, 0.1) is 13.8 Å². The molecular formula is C19H18BrClN2O4S. The number of amides is 2. The largest absolute Gasteiger partial charge is 0.455 e. The van der Waals surface area contributed by atoms with E-state index in [9.17, 15) is 14.4 Å². The molecule has 0 heterocycles. The predicted octanol–water partition coefficient (Wildman–Crippen LogP) is 3.82. The fourth-order valence-corrected chi connectivity index (χ4v) is 3.56. The van der Waals surface area contributed by atoms with Crippen LogP contribution in [0.1, 0.15) is 21.5 Å². The summed E-state index contributed by atoms with van der Waals surface area (Å²) >= 11 is 10.6. The van der Waals surface area contributed by atoms with Crippen molar-refractivity contribution in [2.75, 3.05) is 12.4 Å². The van der Waals surface area contributed by atoms with Gasteiger partial charge in [-0.1, -0.05) is 27.5 Å². The number of carbonyl (C=O) groups excluding carboxylic acids is 3. The number of thioether (sulfide) groups is 1. The van der Waals surface area contributed by atoms with Crippen LogP contribution < -0.4 is 10.9 Å². The molecule has 2 aromatic carbocycles. The number of nitrogens with one attached hydrogen (secondary N) is 2. The summed E-state index contributed by atoms with van der Waals surface area (Å²) in [6.45, 7) is 3.43. The number of rotatable bonds is 6. The molecule has 0 bridgehead atoms. The molecule has 2 aromatic rings. The third-order valence-electron chi connectivity index (χ3n) is 3.59. The molecule has 28 heavy (non-hydrogen) atoms. The van der Waals surface area contributed by atoms with Crippen LogP contribution in [-0.2, 0) is 14.3 Å². The van der Waals surface area contributed by atoms with E-state index in [1.54, 1.807) is 12.1 Å². The summed E-state index contributed by atoms with van der Waals surface area (Å²) in [5, 5.41) is 0.499. The Morgan fingerprint density at radius 3 is 2.43 bits per heavy atom. The molecule has 0 radical (unpaired) electrons. The Morgan fingerprint density at radius 2 is 1.75 bits per heavy atom. The maximum Gasteiger partial charge on any atom is 0.316 e. The van der Waals surface area contributed by atoms with Crippen LogP contribution in [0.2, 0.25) is 5.02 Å². The Balaban J connectivity index is 1.72. The van der Waals surface area contributed by atoms with Gasteiger partial charge in [-0.05, 0) is 61.4 Å². The number of hydrogen-bond acceptors (Lipinski definition) is 5. The Kier molecular flexibility index (Phi) is 8.35. The molecule has 0 aromatic heterocycles. The number of hydrogen-bond donors (Lipinski definition) is 2. The topological polar surface area (TPSA) is 84.5 Å². The third-order valence-corrected chi connectivity index (χ3v) is 5.83. The van der Waals surface area contributed by atoms with Gasteiger partial charge in [-0.15, -0.1) is 11.8 Å². The van der Waals surface area contributed by atoms with E-state index in [4.69, 9.17) is 16.3 Å². The Bertz CT molecular complexity index is 890. The summed E-state index contributed by atoms with van der Waals surface area (Å²) in [7, 11) is 0. The summed E-state index contributed by atoms with van der Waals surface area (Å²) < 4.78 is 5.93. The lowest BCUT2D eigenvalue weighted by Crippen LogP contribution is -2.43. The summed E-state index contributed by atoms with van der Waals surface area (Å²) in [4.78, 5) is 36.4. The minimum Gasteiger partial charge on any atom is -0.455 e. The van der Waals surface area contributed by atoms with Crippen LogP contribution in [0.3, 0.4) is 0 Å². The SMILES string of the molecule is Cc1cc(SCC(=O)OCC(=O)NNC(=O)c2ccc(Cl)cc2)c(C)cc1Br. The standard InChI is InChI=1S/C19H18BrClN2O4S/c1-11-8-16(12(2)7-15(11)20)28-10-18(25)27-9-17(24)22-23-19(26)13-3-5-14(21)6-4-13/h3-8H,9-10H2,1-2H3,(H,22,24)(H,23,26). The fraction of sp³-hybridized carbons (Fsp3) is 0.211. The van der Waals surface area contributed by atoms with E-state index in [0.717, 1.165) is 20.5 Å².